The average molecular weight is 677 g/mol. The van der Waals surface area contributed by atoms with Gasteiger partial charge < -0.3 is 69.0 Å². The second-order valence-electron chi connectivity index (χ2n) is 12.0. The molecule has 0 saturated carbocycles. The number of hydrogen-bond acceptors (Lipinski definition) is 15. The molecule has 2 aromatic carbocycles. The molecule has 10 atom stereocenters. The molecule has 0 spiro atoms. The van der Waals surface area contributed by atoms with Crippen molar-refractivity contribution in [2.75, 3.05) is 13.7 Å². The zero-order valence-corrected chi connectivity index (χ0v) is 26.6. The monoisotopic (exact) mass is 676 g/mol. The van der Waals surface area contributed by atoms with Crippen molar-refractivity contribution >= 4 is 11.0 Å². The minimum Gasteiger partial charge on any atom is -0.507 e. The Morgan fingerprint density at radius 2 is 1.50 bits per heavy atom. The van der Waals surface area contributed by atoms with Gasteiger partial charge >= 0.3 is 0 Å². The van der Waals surface area contributed by atoms with Crippen LogP contribution in [0.25, 0.3) is 22.3 Å². The smallest absolute Gasteiger partial charge is 0.239 e. The van der Waals surface area contributed by atoms with Crippen LogP contribution in [0.5, 0.6) is 23.0 Å². The SMILES string of the molecule is COc1ccc(-c2oc3c(CC=C(C)C)c(O[C@H]4O[C@@H](CO)[C@@H](O)[C@@H](O)[C@@H]4O)cc(O)c3c(=O)c2O[C@@H]2O[C@@H](C)[C@H](O)[C@H](O)[C@@H]2O)cc1. The molecule has 48 heavy (non-hydrogen) atoms. The Bertz CT molecular complexity index is 1680. The van der Waals surface area contributed by atoms with E-state index in [9.17, 15) is 45.6 Å². The molecule has 3 heterocycles. The molecule has 15 heteroatoms. The van der Waals surface area contributed by atoms with E-state index in [1.54, 1.807) is 30.3 Å². The third-order valence-corrected chi connectivity index (χ3v) is 8.37. The molecular weight excluding hydrogens is 636 g/mol. The van der Waals surface area contributed by atoms with E-state index in [0.29, 0.717) is 11.3 Å². The maximum Gasteiger partial charge on any atom is 0.239 e. The molecule has 0 amide bonds. The van der Waals surface area contributed by atoms with E-state index in [4.69, 9.17) is 28.1 Å². The number of hydrogen-bond donors (Lipinski definition) is 8. The first kappa shape index (κ1) is 35.5. The molecule has 2 fully saturated rings. The minimum atomic E-state index is -1.77. The molecule has 0 radical (unpaired) electrons. The molecule has 2 aliphatic heterocycles. The van der Waals surface area contributed by atoms with E-state index < -0.39 is 84.9 Å². The van der Waals surface area contributed by atoms with Crippen molar-refractivity contribution < 1.29 is 69.0 Å². The van der Waals surface area contributed by atoms with Crippen LogP contribution in [-0.2, 0) is 15.9 Å². The van der Waals surface area contributed by atoms with E-state index in [1.165, 1.54) is 14.0 Å². The fourth-order valence-corrected chi connectivity index (χ4v) is 5.52. The minimum absolute atomic E-state index is 0.0725. The van der Waals surface area contributed by atoms with Crippen LogP contribution in [0.1, 0.15) is 26.3 Å². The van der Waals surface area contributed by atoms with Crippen molar-refractivity contribution in [3.8, 4) is 34.3 Å². The predicted molar refractivity (Wildman–Crippen MR) is 167 cm³/mol. The van der Waals surface area contributed by atoms with Crippen molar-refractivity contribution in [3.63, 3.8) is 0 Å². The van der Waals surface area contributed by atoms with Gasteiger partial charge in [0.25, 0.3) is 0 Å². The van der Waals surface area contributed by atoms with Gasteiger partial charge in [-0.1, -0.05) is 11.6 Å². The number of fused-ring (bicyclic) bond motifs is 1. The first-order chi connectivity index (χ1) is 22.8. The van der Waals surface area contributed by atoms with Gasteiger partial charge in [-0.2, -0.15) is 0 Å². The van der Waals surface area contributed by atoms with Gasteiger partial charge in [0.2, 0.25) is 23.8 Å². The van der Waals surface area contributed by atoms with E-state index in [1.807, 2.05) is 13.8 Å². The largest absolute Gasteiger partial charge is 0.507 e. The summed E-state index contributed by atoms with van der Waals surface area (Å²) in [6.45, 7) is 4.40. The number of allylic oxidation sites excluding steroid dienone is 2. The Morgan fingerprint density at radius 3 is 2.10 bits per heavy atom. The summed E-state index contributed by atoms with van der Waals surface area (Å²) in [6, 6.07) is 7.41. The zero-order chi connectivity index (χ0) is 35.0. The Balaban J connectivity index is 1.71. The summed E-state index contributed by atoms with van der Waals surface area (Å²) in [5.74, 6) is -0.922. The van der Waals surface area contributed by atoms with Crippen LogP contribution in [-0.4, -0.2) is 116 Å². The second kappa shape index (κ2) is 14.4. The molecule has 0 unspecified atom stereocenters. The van der Waals surface area contributed by atoms with Crippen LogP contribution in [0, 0.1) is 0 Å². The number of benzene rings is 2. The van der Waals surface area contributed by atoms with Crippen LogP contribution in [0.3, 0.4) is 0 Å². The summed E-state index contributed by atoms with van der Waals surface area (Å²) in [7, 11) is 1.47. The van der Waals surface area contributed by atoms with Crippen molar-refractivity contribution in [2.45, 2.75) is 88.6 Å². The summed E-state index contributed by atoms with van der Waals surface area (Å²) in [4.78, 5) is 14.3. The lowest BCUT2D eigenvalue weighted by Crippen LogP contribution is -2.60. The van der Waals surface area contributed by atoms with E-state index in [2.05, 4.69) is 0 Å². The number of rotatable bonds is 9. The van der Waals surface area contributed by atoms with Crippen molar-refractivity contribution in [2.24, 2.45) is 0 Å². The molecule has 0 aliphatic carbocycles. The highest BCUT2D eigenvalue weighted by atomic mass is 16.7. The lowest BCUT2D eigenvalue weighted by Gasteiger charge is -2.39. The van der Waals surface area contributed by atoms with Gasteiger partial charge in [-0.15, -0.1) is 0 Å². The number of phenolic OH excluding ortho intramolecular Hbond substituents is 1. The van der Waals surface area contributed by atoms with Gasteiger partial charge in [0.15, 0.2) is 5.76 Å². The summed E-state index contributed by atoms with van der Waals surface area (Å²) >= 11 is 0. The normalized spacial score (nSPS) is 30.6. The molecule has 3 aromatic rings. The van der Waals surface area contributed by atoms with Gasteiger partial charge in [-0.25, -0.2) is 0 Å². The highest BCUT2D eigenvalue weighted by Crippen LogP contribution is 2.41. The van der Waals surface area contributed by atoms with E-state index in [-0.39, 0.29) is 34.5 Å². The first-order valence-corrected chi connectivity index (χ1v) is 15.2. The number of aliphatic hydroxyl groups excluding tert-OH is 7. The molecule has 1 aromatic heterocycles. The number of phenols is 1. The number of ether oxygens (including phenoxy) is 5. The van der Waals surface area contributed by atoms with Crippen LogP contribution >= 0.6 is 0 Å². The summed E-state index contributed by atoms with van der Waals surface area (Å²) in [6.07, 6.45) is -13.7. The average Bonchev–Trinajstić information content (AvgIpc) is 3.06. The third kappa shape index (κ3) is 6.74. The Hall–Kier alpha value is -3.77. The van der Waals surface area contributed by atoms with Gasteiger partial charge in [0, 0.05) is 17.2 Å². The molecular formula is C33H40O15. The maximum atomic E-state index is 14.3. The predicted octanol–water partition coefficient (Wildman–Crippen LogP) is 0.0679. The highest BCUT2D eigenvalue weighted by molar-refractivity contribution is 5.91. The molecule has 8 N–H and O–H groups in total. The highest BCUT2D eigenvalue weighted by Gasteiger charge is 2.46. The number of aromatic hydroxyl groups is 1. The van der Waals surface area contributed by atoms with Gasteiger partial charge in [0.05, 0.1) is 19.8 Å². The summed E-state index contributed by atoms with van der Waals surface area (Å²) in [5, 5.41) is 82.9. The van der Waals surface area contributed by atoms with E-state index >= 15 is 0 Å². The zero-order valence-electron chi connectivity index (χ0n) is 26.6. The lowest BCUT2D eigenvalue weighted by molar-refractivity contribution is -0.277. The van der Waals surface area contributed by atoms with Crippen LogP contribution < -0.4 is 19.6 Å². The van der Waals surface area contributed by atoms with E-state index in [0.717, 1.165) is 11.6 Å². The number of methoxy groups -OCH3 is 1. The summed E-state index contributed by atoms with van der Waals surface area (Å²) in [5.41, 5.74) is 0.341. The topological polar surface area (TPSA) is 238 Å². The Morgan fingerprint density at radius 1 is 0.875 bits per heavy atom. The second-order valence-corrected chi connectivity index (χ2v) is 12.0. The number of aliphatic hydroxyl groups is 7. The van der Waals surface area contributed by atoms with Crippen molar-refractivity contribution in [1.82, 2.24) is 0 Å². The quantitative estimate of drug-likeness (QED) is 0.140. The van der Waals surface area contributed by atoms with Crippen LogP contribution in [0.4, 0.5) is 0 Å². The van der Waals surface area contributed by atoms with Crippen LogP contribution in [0.15, 0.2) is 51.2 Å². The molecule has 2 saturated heterocycles. The first-order valence-electron chi connectivity index (χ1n) is 15.2. The summed E-state index contributed by atoms with van der Waals surface area (Å²) < 4.78 is 34.5. The lowest BCUT2D eigenvalue weighted by atomic mass is 9.99. The molecule has 2 aliphatic rings. The molecule has 15 nitrogen and oxygen atoms in total. The molecule has 5 rings (SSSR count). The third-order valence-electron chi connectivity index (χ3n) is 8.37. The fraction of sp³-hybridized carbons (Fsp3) is 0.485. The van der Waals surface area contributed by atoms with Crippen molar-refractivity contribution in [3.05, 3.63) is 57.8 Å². The Labute approximate surface area is 274 Å². The van der Waals surface area contributed by atoms with Gasteiger partial charge in [-0.05, 0) is 51.5 Å². The maximum absolute atomic E-state index is 14.3. The fourth-order valence-electron chi connectivity index (χ4n) is 5.52. The van der Waals surface area contributed by atoms with Gasteiger partial charge in [-0.3, -0.25) is 4.79 Å². The van der Waals surface area contributed by atoms with Gasteiger partial charge in [0.1, 0.15) is 70.9 Å². The molecule has 0 bridgehead atoms. The standard InChI is InChI=1S/C33H40O15/c1-13(2)5-10-17-19(45-33-28(42)26(40)23(37)20(12-34)46-33)11-18(35)21-24(38)31(48-32-27(41)25(39)22(36)14(3)44-32)29(47-30(17)21)15-6-8-16(43-4)9-7-15/h5-9,11,14,20,22-23,25-28,32-37,39-42H,10,12H2,1-4H3/t14-,20-,22-,23+,25-,26+,27-,28-,32-,33-/m0/s1. The van der Waals surface area contributed by atoms with Crippen molar-refractivity contribution in [1.29, 1.82) is 0 Å². The Kier molecular flexibility index (Phi) is 10.6. The van der Waals surface area contributed by atoms with Crippen LogP contribution in [0.2, 0.25) is 0 Å². The molecule has 262 valence electrons.